The molecule has 1 aliphatic rings. The Morgan fingerprint density at radius 1 is 1.27 bits per heavy atom. The number of hydrogen-bond donors (Lipinski definition) is 0. The Bertz CT molecular complexity index is 298. The third-order valence-electron chi connectivity index (χ3n) is 3.08. The molecule has 1 saturated heterocycles. The van der Waals surface area contributed by atoms with Crippen LogP contribution in [0.4, 0.5) is 0 Å². The quantitative estimate of drug-likeness (QED) is 0.759. The van der Waals surface area contributed by atoms with E-state index in [1.165, 1.54) is 38.0 Å². The highest BCUT2D eigenvalue weighted by Gasteiger charge is 2.13. The average molecular weight is 207 g/mol. The van der Waals surface area contributed by atoms with Gasteiger partial charge in [0.1, 0.15) is 0 Å². The van der Waals surface area contributed by atoms with Gasteiger partial charge in [-0.25, -0.2) is 0 Å². The Kier molecular flexibility index (Phi) is 3.41. The summed E-state index contributed by atoms with van der Waals surface area (Å²) < 4.78 is 2.13. The summed E-state index contributed by atoms with van der Waals surface area (Å²) in [5.41, 5.74) is 1.35. The fourth-order valence-corrected chi connectivity index (χ4v) is 2.28. The van der Waals surface area contributed by atoms with Crippen LogP contribution in [0, 0.1) is 0 Å². The van der Waals surface area contributed by atoms with Crippen LogP contribution in [0.25, 0.3) is 0 Å². The van der Waals surface area contributed by atoms with E-state index in [0.717, 1.165) is 6.54 Å². The van der Waals surface area contributed by atoms with Crippen molar-refractivity contribution in [1.29, 1.82) is 0 Å². The van der Waals surface area contributed by atoms with E-state index in [4.69, 9.17) is 0 Å². The van der Waals surface area contributed by atoms with Crippen molar-refractivity contribution < 1.29 is 0 Å². The fourth-order valence-electron chi connectivity index (χ4n) is 2.28. The van der Waals surface area contributed by atoms with Crippen LogP contribution in [-0.2, 0) is 6.54 Å². The highest BCUT2D eigenvalue weighted by molar-refractivity contribution is 5.01. The zero-order valence-corrected chi connectivity index (χ0v) is 9.82. The molecule has 84 valence electrons. The van der Waals surface area contributed by atoms with Gasteiger partial charge in [-0.1, -0.05) is 6.42 Å². The number of piperidine rings is 1. The van der Waals surface area contributed by atoms with E-state index in [1.807, 2.05) is 6.20 Å². The Morgan fingerprint density at radius 2 is 2.00 bits per heavy atom. The minimum atomic E-state index is 0.472. The van der Waals surface area contributed by atoms with Gasteiger partial charge in [-0.05, 0) is 45.8 Å². The van der Waals surface area contributed by atoms with Gasteiger partial charge in [0, 0.05) is 18.8 Å². The summed E-state index contributed by atoms with van der Waals surface area (Å²) in [6.45, 7) is 7.95. The minimum absolute atomic E-state index is 0.472. The van der Waals surface area contributed by atoms with Gasteiger partial charge >= 0.3 is 0 Å². The van der Waals surface area contributed by atoms with Crippen LogP contribution in [0.2, 0.25) is 0 Å². The molecule has 0 aromatic carbocycles. The van der Waals surface area contributed by atoms with Gasteiger partial charge in [0.15, 0.2) is 0 Å². The third-order valence-corrected chi connectivity index (χ3v) is 3.08. The lowest BCUT2D eigenvalue weighted by molar-refractivity contribution is 0.213. The zero-order chi connectivity index (χ0) is 10.7. The monoisotopic (exact) mass is 207 g/mol. The van der Waals surface area contributed by atoms with E-state index >= 15 is 0 Å². The van der Waals surface area contributed by atoms with Gasteiger partial charge in [-0.2, -0.15) is 5.10 Å². The Hall–Kier alpha value is -0.830. The summed E-state index contributed by atoms with van der Waals surface area (Å²) in [5, 5.41) is 4.37. The van der Waals surface area contributed by atoms with E-state index in [1.54, 1.807) is 0 Å². The normalized spacial score (nSPS) is 18.6. The molecule has 1 aromatic rings. The summed E-state index contributed by atoms with van der Waals surface area (Å²) >= 11 is 0. The van der Waals surface area contributed by atoms with Crippen molar-refractivity contribution in [3.8, 4) is 0 Å². The molecule has 0 spiro atoms. The molecule has 0 saturated carbocycles. The topological polar surface area (TPSA) is 21.1 Å². The van der Waals surface area contributed by atoms with E-state index in [2.05, 4.69) is 34.6 Å². The van der Waals surface area contributed by atoms with Crippen molar-refractivity contribution in [2.24, 2.45) is 0 Å². The molecule has 2 heterocycles. The smallest absolute Gasteiger partial charge is 0.0527 e. The molecule has 3 nitrogen and oxygen atoms in total. The first-order valence-electron chi connectivity index (χ1n) is 6.02. The van der Waals surface area contributed by atoms with Gasteiger partial charge in [-0.3, -0.25) is 9.58 Å². The zero-order valence-electron chi connectivity index (χ0n) is 9.82. The number of rotatable bonds is 3. The van der Waals surface area contributed by atoms with Crippen molar-refractivity contribution in [3.05, 3.63) is 18.0 Å². The predicted octanol–water partition coefficient (Wildman–Crippen LogP) is 2.45. The van der Waals surface area contributed by atoms with Gasteiger partial charge in [0.25, 0.3) is 0 Å². The van der Waals surface area contributed by atoms with Crippen molar-refractivity contribution in [2.75, 3.05) is 13.1 Å². The number of likely N-dealkylation sites (tertiary alicyclic amines) is 1. The average Bonchev–Trinajstić information content (AvgIpc) is 2.67. The second kappa shape index (κ2) is 4.79. The van der Waals surface area contributed by atoms with Crippen LogP contribution < -0.4 is 0 Å². The van der Waals surface area contributed by atoms with Gasteiger partial charge in [0.2, 0.25) is 0 Å². The van der Waals surface area contributed by atoms with Crippen LogP contribution in [0.15, 0.2) is 12.3 Å². The maximum Gasteiger partial charge on any atom is 0.0527 e. The molecule has 0 atom stereocenters. The Labute approximate surface area is 92.1 Å². The molecule has 3 heteroatoms. The summed E-state index contributed by atoms with van der Waals surface area (Å²) in [7, 11) is 0. The second-order valence-corrected chi connectivity index (χ2v) is 4.70. The molecule has 1 aromatic heterocycles. The van der Waals surface area contributed by atoms with Crippen LogP contribution >= 0.6 is 0 Å². The molecule has 1 aliphatic heterocycles. The largest absolute Gasteiger partial charge is 0.298 e. The van der Waals surface area contributed by atoms with E-state index < -0.39 is 0 Å². The van der Waals surface area contributed by atoms with Gasteiger partial charge in [-0.15, -0.1) is 0 Å². The lowest BCUT2D eigenvalue weighted by Gasteiger charge is -2.26. The summed E-state index contributed by atoms with van der Waals surface area (Å²) in [6, 6.07) is 2.62. The van der Waals surface area contributed by atoms with Crippen molar-refractivity contribution in [2.45, 2.75) is 45.7 Å². The molecular formula is C12H21N3. The molecule has 2 rings (SSSR count). The van der Waals surface area contributed by atoms with E-state index in [0.29, 0.717) is 6.04 Å². The van der Waals surface area contributed by atoms with Gasteiger partial charge in [0.05, 0.1) is 5.69 Å². The lowest BCUT2D eigenvalue weighted by atomic mass is 10.1. The molecule has 0 bridgehead atoms. The minimum Gasteiger partial charge on any atom is -0.298 e. The second-order valence-electron chi connectivity index (χ2n) is 4.70. The standard InChI is InChI=1S/C12H21N3/c1-11(2)15-12(6-7-13-15)10-14-8-4-3-5-9-14/h6-7,11H,3-5,8-10H2,1-2H3. The molecule has 0 amide bonds. The first-order valence-corrected chi connectivity index (χ1v) is 6.02. The molecule has 15 heavy (non-hydrogen) atoms. The highest BCUT2D eigenvalue weighted by atomic mass is 15.3. The van der Waals surface area contributed by atoms with Crippen molar-refractivity contribution >= 4 is 0 Å². The number of aromatic nitrogens is 2. The Balaban J connectivity index is 1.99. The predicted molar refractivity (Wildman–Crippen MR) is 61.7 cm³/mol. The molecule has 0 unspecified atom stereocenters. The SMILES string of the molecule is CC(C)n1nccc1CN1CCCCC1. The summed E-state index contributed by atoms with van der Waals surface area (Å²) in [4.78, 5) is 2.54. The van der Waals surface area contributed by atoms with E-state index in [-0.39, 0.29) is 0 Å². The maximum absolute atomic E-state index is 4.37. The van der Waals surface area contributed by atoms with Crippen LogP contribution in [-0.4, -0.2) is 27.8 Å². The highest BCUT2D eigenvalue weighted by Crippen LogP contribution is 2.14. The molecule has 1 fully saturated rings. The molecule has 0 radical (unpaired) electrons. The number of hydrogen-bond acceptors (Lipinski definition) is 2. The van der Waals surface area contributed by atoms with E-state index in [9.17, 15) is 0 Å². The Morgan fingerprint density at radius 3 is 2.67 bits per heavy atom. The number of nitrogens with zero attached hydrogens (tertiary/aromatic N) is 3. The fraction of sp³-hybridized carbons (Fsp3) is 0.750. The van der Waals surface area contributed by atoms with Crippen LogP contribution in [0.5, 0.6) is 0 Å². The summed E-state index contributed by atoms with van der Waals surface area (Å²) in [5.74, 6) is 0. The van der Waals surface area contributed by atoms with Crippen LogP contribution in [0.3, 0.4) is 0 Å². The van der Waals surface area contributed by atoms with Crippen LogP contribution in [0.1, 0.15) is 44.8 Å². The summed E-state index contributed by atoms with van der Waals surface area (Å²) in [6.07, 6.45) is 6.03. The maximum atomic E-state index is 4.37. The molecule has 0 N–H and O–H groups in total. The molecular weight excluding hydrogens is 186 g/mol. The van der Waals surface area contributed by atoms with Gasteiger partial charge < -0.3 is 0 Å². The first-order chi connectivity index (χ1) is 7.27. The third kappa shape index (κ3) is 2.59. The lowest BCUT2D eigenvalue weighted by Crippen LogP contribution is -2.30. The van der Waals surface area contributed by atoms with Crippen molar-refractivity contribution in [1.82, 2.24) is 14.7 Å². The molecule has 0 aliphatic carbocycles. The van der Waals surface area contributed by atoms with Crippen molar-refractivity contribution in [3.63, 3.8) is 0 Å². The first kappa shape index (κ1) is 10.7.